The van der Waals surface area contributed by atoms with Crippen LogP contribution in [0.2, 0.25) is 0 Å². The fourth-order valence-corrected chi connectivity index (χ4v) is 4.75. The number of rotatable bonds is 7. The Balaban J connectivity index is 1.77. The Bertz CT molecular complexity index is 1030. The highest BCUT2D eigenvalue weighted by Crippen LogP contribution is 2.28. The molecule has 0 bridgehead atoms. The van der Waals surface area contributed by atoms with Gasteiger partial charge in [-0.1, -0.05) is 6.07 Å². The lowest BCUT2D eigenvalue weighted by Crippen LogP contribution is -2.40. The maximum atomic E-state index is 13.0. The molecule has 1 aliphatic rings. The van der Waals surface area contributed by atoms with Crippen LogP contribution in [0, 0.1) is 0 Å². The molecular weight excluding hydrogens is 408 g/mol. The van der Waals surface area contributed by atoms with Crippen LogP contribution in [0.25, 0.3) is 0 Å². The first-order chi connectivity index (χ1) is 14.3. The maximum absolute atomic E-state index is 13.0. The Morgan fingerprint density at radius 1 is 1.10 bits per heavy atom. The van der Waals surface area contributed by atoms with Gasteiger partial charge in [-0.15, -0.1) is 0 Å². The smallest absolute Gasteiger partial charge is 0.246 e. The van der Waals surface area contributed by atoms with E-state index in [9.17, 15) is 18.0 Å². The van der Waals surface area contributed by atoms with E-state index in [2.05, 4.69) is 5.32 Å². The number of ketones is 1. The molecule has 0 aliphatic carbocycles. The Kier molecular flexibility index (Phi) is 6.86. The number of nitrogens with zero attached hydrogens (tertiary/aromatic N) is 1. The monoisotopic (exact) mass is 432 g/mol. The number of hydrogen-bond donors (Lipinski definition) is 1. The average molecular weight is 432 g/mol. The maximum Gasteiger partial charge on any atom is 0.246 e. The molecule has 2 aromatic carbocycles. The van der Waals surface area contributed by atoms with Gasteiger partial charge in [0.05, 0.1) is 26.7 Å². The number of amides is 1. The van der Waals surface area contributed by atoms with Gasteiger partial charge < -0.3 is 14.8 Å². The summed E-state index contributed by atoms with van der Waals surface area (Å²) in [4.78, 5) is 23.8. The predicted octanol–water partition coefficient (Wildman–Crippen LogP) is 2.10. The molecular formula is C21H24N2O6S. The van der Waals surface area contributed by atoms with E-state index >= 15 is 0 Å². The van der Waals surface area contributed by atoms with E-state index in [-0.39, 0.29) is 41.8 Å². The normalized spacial score (nSPS) is 14.9. The standard InChI is InChI=1S/C21H24N2O6S/c1-15(24)17-4-6-18(7-5-17)22-21(25)14-16-3-8-19(28-2)20(13-16)30(26,27)23-9-11-29-12-10-23/h3-8,13H,9-12,14H2,1-2H3,(H,22,25). The Labute approximate surface area is 175 Å². The number of methoxy groups -OCH3 is 1. The number of anilines is 1. The number of morpholine rings is 1. The first kappa shape index (κ1) is 21.9. The first-order valence-corrected chi connectivity index (χ1v) is 10.9. The van der Waals surface area contributed by atoms with Crippen molar-refractivity contribution in [3.05, 3.63) is 53.6 Å². The molecule has 1 N–H and O–H groups in total. The molecule has 1 amide bonds. The largest absolute Gasteiger partial charge is 0.495 e. The number of ether oxygens (including phenoxy) is 2. The highest BCUT2D eigenvalue weighted by Gasteiger charge is 2.29. The summed E-state index contributed by atoms with van der Waals surface area (Å²) in [7, 11) is -2.36. The molecule has 0 saturated carbocycles. The molecule has 3 rings (SSSR count). The van der Waals surface area contributed by atoms with E-state index < -0.39 is 10.0 Å². The summed E-state index contributed by atoms with van der Waals surface area (Å²) in [6.07, 6.45) is -0.00984. The number of nitrogens with one attached hydrogen (secondary N) is 1. The summed E-state index contributed by atoms with van der Waals surface area (Å²) in [6.45, 7) is 2.69. The third kappa shape index (κ3) is 5.05. The lowest BCUT2D eigenvalue weighted by atomic mass is 10.1. The van der Waals surface area contributed by atoms with Crippen molar-refractivity contribution in [3.8, 4) is 5.75 Å². The van der Waals surface area contributed by atoms with E-state index in [1.54, 1.807) is 36.4 Å². The van der Waals surface area contributed by atoms with Crippen molar-refractivity contribution in [2.24, 2.45) is 0 Å². The molecule has 1 fully saturated rings. The van der Waals surface area contributed by atoms with Crippen LogP contribution in [-0.2, 0) is 26.0 Å². The van der Waals surface area contributed by atoms with Crippen LogP contribution >= 0.6 is 0 Å². The molecule has 0 unspecified atom stereocenters. The molecule has 1 saturated heterocycles. The number of sulfonamides is 1. The third-order valence-corrected chi connectivity index (χ3v) is 6.68. The number of carbonyl (C=O) groups excluding carboxylic acids is 2. The lowest BCUT2D eigenvalue weighted by Gasteiger charge is -2.26. The highest BCUT2D eigenvalue weighted by atomic mass is 32.2. The van der Waals surface area contributed by atoms with Crippen molar-refractivity contribution in [3.63, 3.8) is 0 Å². The molecule has 1 aliphatic heterocycles. The highest BCUT2D eigenvalue weighted by molar-refractivity contribution is 7.89. The minimum absolute atomic E-state index is 0.00984. The van der Waals surface area contributed by atoms with Crippen molar-refractivity contribution >= 4 is 27.4 Å². The van der Waals surface area contributed by atoms with Crippen molar-refractivity contribution in [1.29, 1.82) is 0 Å². The number of benzene rings is 2. The van der Waals surface area contributed by atoms with Gasteiger partial charge >= 0.3 is 0 Å². The van der Waals surface area contributed by atoms with Gasteiger partial charge in [0.15, 0.2) is 5.78 Å². The molecule has 0 aromatic heterocycles. The van der Waals surface area contributed by atoms with Gasteiger partial charge in [-0.05, 0) is 48.9 Å². The van der Waals surface area contributed by atoms with E-state index in [4.69, 9.17) is 9.47 Å². The Hall–Kier alpha value is -2.75. The minimum Gasteiger partial charge on any atom is -0.495 e. The molecule has 2 aromatic rings. The van der Waals surface area contributed by atoms with Gasteiger partial charge in [-0.3, -0.25) is 9.59 Å². The van der Waals surface area contributed by atoms with Crippen LogP contribution in [-0.4, -0.2) is 57.8 Å². The van der Waals surface area contributed by atoms with E-state index in [1.165, 1.54) is 24.4 Å². The number of hydrogen-bond acceptors (Lipinski definition) is 6. The van der Waals surface area contributed by atoms with Crippen LogP contribution in [0.1, 0.15) is 22.8 Å². The van der Waals surface area contributed by atoms with Gasteiger partial charge in [0.25, 0.3) is 0 Å². The zero-order valence-corrected chi connectivity index (χ0v) is 17.7. The predicted molar refractivity (Wildman–Crippen MR) is 111 cm³/mol. The molecule has 0 radical (unpaired) electrons. The van der Waals surface area contributed by atoms with Gasteiger partial charge in [-0.2, -0.15) is 4.31 Å². The van der Waals surface area contributed by atoms with Crippen LogP contribution in [0.15, 0.2) is 47.4 Å². The fourth-order valence-electron chi connectivity index (χ4n) is 3.14. The van der Waals surface area contributed by atoms with Gasteiger partial charge in [-0.25, -0.2) is 8.42 Å². The summed E-state index contributed by atoms with van der Waals surface area (Å²) in [6, 6.07) is 11.3. The van der Waals surface area contributed by atoms with E-state index in [0.717, 1.165) is 0 Å². The summed E-state index contributed by atoms with van der Waals surface area (Å²) >= 11 is 0. The summed E-state index contributed by atoms with van der Waals surface area (Å²) in [5.41, 5.74) is 1.65. The first-order valence-electron chi connectivity index (χ1n) is 9.47. The third-order valence-electron chi connectivity index (χ3n) is 4.76. The van der Waals surface area contributed by atoms with Crippen molar-refractivity contribution in [2.75, 3.05) is 38.7 Å². The second-order valence-electron chi connectivity index (χ2n) is 6.86. The van der Waals surface area contributed by atoms with Crippen LogP contribution < -0.4 is 10.1 Å². The SMILES string of the molecule is COc1ccc(CC(=O)Nc2ccc(C(C)=O)cc2)cc1S(=O)(=O)N1CCOCC1. The fraction of sp³-hybridized carbons (Fsp3) is 0.333. The summed E-state index contributed by atoms with van der Waals surface area (Å²) in [5.74, 6) is -0.129. The van der Waals surface area contributed by atoms with Crippen molar-refractivity contribution in [2.45, 2.75) is 18.2 Å². The number of carbonyl (C=O) groups is 2. The Morgan fingerprint density at radius 2 is 1.77 bits per heavy atom. The minimum atomic E-state index is -3.77. The molecule has 8 nitrogen and oxygen atoms in total. The van der Waals surface area contributed by atoms with Gasteiger partial charge in [0.1, 0.15) is 10.6 Å². The van der Waals surface area contributed by atoms with E-state index in [0.29, 0.717) is 30.0 Å². The molecule has 30 heavy (non-hydrogen) atoms. The second kappa shape index (κ2) is 9.38. The summed E-state index contributed by atoms with van der Waals surface area (Å²) in [5, 5.41) is 2.75. The summed E-state index contributed by atoms with van der Waals surface area (Å²) < 4.78 is 37.9. The Morgan fingerprint density at radius 3 is 2.37 bits per heavy atom. The average Bonchev–Trinajstić information content (AvgIpc) is 2.74. The zero-order chi connectivity index (χ0) is 21.7. The molecule has 0 spiro atoms. The molecule has 0 atom stereocenters. The topological polar surface area (TPSA) is 102 Å². The number of Topliss-reactive ketones (excluding diaryl/α,β-unsaturated/α-hetero) is 1. The van der Waals surface area contributed by atoms with Crippen LogP contribution in [0.5, 0.6) is 5.75 Å². The van der Waals surface area contributed by atoms with Crippen LogP contribution in [0.4, 0.5) is 5.69 Å². The molecule has 160 valence electrons. The molecule has 9 heteroatoms. The van der Waals surface area contributed by atoms with Gasteiger partial charge in [0, 0.05) is 24.3 Å². The second-order valence-corrected chi connectivity index (χ2v) is 8.77. The lowest BCUT2D eigenvalue weighted by molar-refractivity contribution is -0.115. The quantitative estimate of drug-likeness (QED) is 0.673. The van der Waals surface area contributed by atoms with Crippen molar-refractivity contribution < 1.29 is 27.5 Å². The van der Waals surface area contributed by atoms with Crippen LogP contribution in [0.3, 0.4) is 0 Å². The van der Waals surface area contributed by atoms with Gasteiger partial charge in [0.2, 0.25) is 15.9 Å². The van der Waals surface area contributed by atoms with E-state index in [1.807, 2.05) is 0 Å². The molecule has 1 heterocycles. The zero-order valence-electron chi connectivity index (χ0n) is 16.9. The van der Waals surface area contributed by atoms with Crippen molar-refractivity contribution in [1.82, 2.24) is 4.31 Å².